The summed E-state index contributed by atoms with van der Waals surface area (Å²) in [7, 11) is 0. The van der Waals surface area contributed by atoms with Crippen LogP contribution in [0, 0.1) is 12.8 Å². The van der Waals surface area contributed by atoms with E-state index in [1.807, 2.05) is 6.92 Å². The molecule has 1 aromatic carbocycles. The Morgan fingerprint density at radius 3 is 2.52 bits per heavy atom. The van der Waals surface area contributed by atoms with Crippen molar-refractivity contribution in [1.82, 2.24) is 4.98 Å². The molecule has 1 aromatic heterocycles. The van der Waals surface area contributed by atoms with Crippen LogP contribution in [0.25, 0.3) is 10.6 Å². The van der Waals surface area contributed by atoms with Crippen molar-refractivity contribution >= 4 is 22.7 Å². The maximum atomic E-state index is 13.1. The van der Waals surface area contributed by atoms with Crippen LogP contribution in [0.4, 0.5) is 18.9 Å². The standard InChI is InChI=1S/C19H23F3N2O2S/c1-6-11(4)24-15-12(5)13(18-23-7-8-27-18)9-14(16(25)10(2)3)17(15)26-19(20,21)22/h7-10,16,25H,6H2,1-5H3. The monoisotopic (exact) mass is 400 g/mol. The Hall–Kier alpha value is -1.93. The fourth-order valence-corrected chi connectivity index (χ4v) is 3.26. The zero-order valence-corrected chi connectivity index (χ0v) is 16.7. The molecule has 1 unspecified atom stereocenters. The average Bonchev–Trinajstić information content (AvgIpc) is 3.10. The van der Waals surface area contributed by atoms with Crippen LogP contribution in [0.5, 0.6) is 5.75 Å². The second kappa shape index (κ2) is 8.39. The highest BCUT2D eigenvalue weighted by Gasteiger charge is 2.36. The number of hydrogen-bond donors (Lipinski definition) is 1. The zero-order chi connectivity index (χ0) is 20.4. The van der Waals surface area contributed by atoms with Crippen LogP contribution in [0.15, 0.2) is 22.6 Å². The first kappa shape index (κ1) is 21.4. The maximum Gasteiger partial charge on any atom is 0.573 e. The minimum Gasteiger partial charge on any atom is -0.403 e. The number of ether oxygens (including phenoxy) is 1. The highest BCUT2D eigenvalue weighted by atomic mass is 32.1. The van der Waals surface area contributed by atoms with Gasteiger partial charge in [0, 0.05) is 28.4 Å². The van der Waals surface area contributed by atoms with E-state index in [2.05, 4.69) is 14.7 Å². The van der Waals surface area contributed by atoms with Crippen molar-refractivity contribution in [2.75, 3.05) is 0 Å². The molecule has 0 radical (unpaired) electrons. The number of hydrogen-bond acceptors (Lipinski definition) is 5. The predicted molar refractivity (Wildman–Crippen MR) is 102 cm³/mol. The fraction of sp³-hybridized carbons (Fsp3) is 0.474. The van der Waals surface area contributed by atoms with Gasteiger partial charge in [0.15, 0.2) is 5.75 Å². The van der Waals surface area contributed by atoms with Gasteiger partial charge in [-0.05, 0) is 37.8 Å². The lowest BCUT2D eigenvalue weighted by Gasteiger charge is -2.24. The second-order valence-corrected chi connectivity index (χ2v) is 7.49. The molecule has 1 atom stereocenters. The first-order valence-corrected chi connectivity index (χ1v) is 9.48. The number of aromatic nitrogens is 1. The fourth-order valence-electron chi connectivity index (χ4n) is 2.55. The van der Waals surface area contributed by atoms with Gasteiger partial charge in [0.05, 0.1) is 6.10 Å². The average molecular weight is 400 g/mol. The van der Waals surface area contributed by atoms with E-state index < -0.39 is 18.2 Å². The van der Waals surface area contributed by atoms with E-state index in [9.17, 15) is 18.3 Å². The van der Waals surface area contributed by atoms with Gasteiger partial charge in [-0.15, -0.1) is 24.5 Å². The van der Waals surface area contributed by atoms with E-state index in [0.29, 0.717) is 28.3 Å². The molecule has 0 fully saturated rings. The molecule has 27 heavy (non-hydrogen) atoms. The number of halogens is 3. The van der Waals surface area contributed by atoms with Gasteiger partial charge in [0.25, 0.3) is 0 Å². The van der Waals surface area contributed by atoms with Crippen LogP contribution < -0.4 is 4.74 Å². The van der Waals surface area contributed by atoms with Gasteiger partial charge in [-0.1, -0.05) is 20.8 Å². The molecule has 1 N–H and O–H groups in total. The third-order valence-electron chi connectivity index (χ3n) is 4.18. The molecule has 0 spiro atoms. The largest absolute Gasteiger partial charge is 0.573 e. The van der Waals surface area contributed by atoms with Crippen LogP contribution >= 0.6 is 11.3 Å². The highest BCUT2D eigenvalue weighted by molar-refractivity contribution is 7.13. The Labute approximate surface area is 160 Å². The quantitative estimate of drug-likeness (QED) is 0.587. The van der Waals surface area contributed by atoms with Gasteiger partial charge < -0.3 is 9.84 Å². The van der Waals surface area contributed by atoms with Crippen molar-refractivity contribution in [3.63, 3.8) is 0 Å². The second-order valence-electron chi connectivity index (χ2n) is 6.59. The SMILES string of the molecule is CCC(C)=Nc1c(C)c(-c2nccs2)cc(C(O)C(C)C)c1OC(F)(F)F. The Morgan fingerprint density at radius 1 is 1.37 bits per heavy atom. The topological polar surface area (TPSA) is 54.7 Å². The number of aliphatic hydroxyl groups excluding tert-OH is 1. The van der Waals surface area contributed by atoms with E-state index in [4.69, 9.17) is 0 Å². The molecule has 2 aromatic rings. The molecule has 0 aliphatic heterocycles. The van der Waals surface area contributed by atoms with Gasteiger partial charge in [-0.3, -0.25) is 4.99 Å². The van der Waals surface area contributed by atoms with Crippen LogP contribution in [-0.2, 0) is 0 Å². The minimum absolute atomic E-state index is 0.0563. The number of alkyl halides is 3. The lowest BCUT2D eigenvalue weighted by molar-refractivity contribution is -0.274. The molecule has 1 heterocycles. The molecule has 8 heteroatoms. The Balaban J connectivity index is 2.86. The van der Waals surface area contributed by atoms with E-state index in [1.165, 1.54) is 17.4 Å². The summed E-state index contributed by atoms with van der Waals surface area (Å²) in [4.78, 5) is 8.65. The molecular weight excluding hydrogens is 377 g/mol. The smallest absolute Gasteiger partial charge is 0.403 e. The maximum absolute atomic E-state index is 13.1. The number of benzene rings is 1. The number of nitrogens with zero attached hydrogens (tertiary/aromatic N) is 2. The number of aliphatic hydroxyl groups is 1. The van der Waals surface area contributed by atoms with Gasteiger partial charge in [-0.2, -0.15) is 0 Å². The Bertz CT molecular complexity index is 815. The van der Waals surface area contributed by atoms with Crippen molar-refractivity contribution < 1.29 is 23.0 Å². The summed E-state index contributed by atoms with van der Waals surface area (Å²) in [5.74, 6) is -0.758. The summed E-state index contributed by atoms with van der Waals surface area (Å²) in [6, 6.07) is 1.53. The summed E-state index contributed by atoms with van der Waals surface area (Å²) in [5, 5.41) is 13.0. The summed E-state index contributed by atoms with van der Waals surface area (Å²) < 4.78 is 43.7. The molecule has 0 saturated heterocycles. The molecule has 4 nitrogen and oxygen atoms in total. The molecule has 0 aliphatic carbocycles. The molecule has 0 aliphatic rings. The molecule has 2 rings (SSSR count). The lowest BCUT2D eigenvalue weighted by Crippen LogP contribution is -2.20. The van der Waals surface area contributed by atoms with E-state index >= 15 is 0 Å². The third-order valence-corrected chi connectivity index (χ3v) is 4.99. The van der Waals surface area contributed by atoms with Crippen LogP contribution in [-0.4, -0.2) is 22.2 Å². The van der Waals surface area contributed by atoms with Crippen molar-refractivity contribution in [2.45, 2.75) is 53.5 Å². The van der Waals surface area contributed by atoms with Crippen molar-refractivity contribution in [3.8, 4) is 16.3 Å². The summed E-state index contributed by atoms with van der Waals surface area (Å²) >= 11 is 1.37. The Morgan fingerprint density at radius 2 is 2.04 bits per heavy atom. The van der Waals surface area contributed by atoms with Crippen LogP contribution in [0.3, 0.4) is 0 Å². The van der Waals surface area contributed by atoms with Crippen molar-refractivity contribution in [1.29, 1.82) is 0 Å². The van der Waals surface area contributed by atoms with Crippen molar-refractivity contribution in [2.24, 2.45) is 10.9 Å². The summed E-state index contributed by atoms with van der Waals surface area (Å²) in [6.07, 6.45) is -3.84. The van der Waals surface area contributed by atoms with Gasteiger partial charge >= 0.3 is 6.36 Å². The van der Waals surface area contributed by atoms with Gasteiger partial charge in [-0.25, -0.2) is 4.98 Å². The first-order chi connectivity index (χ1) is 12.5. The van der Waals surface area contributed by atoms with Gasteiger partial charge in [0.1, 0.15) is 10.7 Å². The molecule has 0 amide bonds. The van der Waals surface area contributed by atoms with E-state index in [1.54, 1.807) is 39.3 Å². The summed E-state index contributed by atoms with van der Waals surface area (Å²) in [6.45, 7) is 8.75. The lowest BCUT2D eigenvalue weighted by atomic mass is 9.93. The predicted octanol–water partition coefficient (Wildman–Crippen LogP) is 6.21. The molecular formula is C19H23F3N2O2S. The molecule has 0 bridgehead atoms. The van der Waals surface area contributed by atoms with Crippen LogP contribution in [0.2, 0.25) is 0 Å². The minimum atomic E-state index is -4.90. The van der Waals surface area contributed by atoms with E-state index in [-0.39, 0.29) is 17.2 Å². The number of rotatable bonds is 6. The molecule has 0 saturated carbocycles. The summed E-state index contributed by atoms with van der Waals surface area (Å²) in [5.41, 5.74) is 1.95. The third kappa shape index (κ3) is 5.07. The van der Waals surface area contributed by atoms with E-state index in [0.717, 1.165) is 0 Å². The number of thiazole rings is 1. The number of aliphatic imine (C=N–C) groups is 1. The normalized spacial score (nSPS) is 13.9. The molecule has 148 valence electrons. The van der Waals surface area contributed by atoms with Crippen molar-refractivity contribution in [3.05, 3.63) is 28.8 Å². The Kier molecular flexibility index (Phi) is 6.64. The van der Waals surface area contributed by atoms with Crippen LogP contribution in [0.1, 0.15) is 51.3 Å². The first-order valence-electron chi connectivity index (χ1n) is 8.60. The van der Waals surface area contributed by atoms with Gasteiger partial charge in [0.2, 0.25) is 0 Å². The highest BCUT2D eigenvalue weighted by Crippen LogP contribution is 2.46. The zero-order valence-electron chi connectivity index (χ0n) is 15.9.